The number of nitrogens with one attached hydrogen (secondary N) is 1. The highest BCUT2D eigenvalue weighted by atomic mass is 35.5. The van der Waals surface area contributed by atoms with Gasteiger partial charge in [0.15, 0.2) is 0 Å². The smallest absolute Gasteiger partial charge is 0.107 e. The molecule has 1 aromatic heterocycles. The first-order valence-corrected chi connectivity index (χ1v) is 7.83. The number of halogens is 2. The summed E-state index contributed by atoms with van der Waals surface area (Å²) in [5.74, 6) is 0. The Hall–Kier alpha value is -0.610. The minimum absolute atomic E-state index is 0.263. The van der Waals surface area contributed by atoms with E-state index in [2.05, 4.69) is 22.6 Å². The summed E-state index contributed by atoms with van der Waals surface area (Å²) in [4.78, 5) is 4.45. The summed E-state index contributed by atoms with van der Waals surface area (Å²) in [5.41, 5.74) is 2.23. The lowest BCUT2D eigenvalue weighted by atomic mass is 10.0. The molecule has 0 radical (unpaired) electrons. The maximum Gasteiger partial charge on any atom is 0.107 e. The number of rotatable bonds is 5. The van der Waals surface area contributed by atoms with Crippen LogP contribution in [-0.4, -0.2) is 4.98 Å². The zero-order valence-electron chi connectivity index (χ0n) is 10.9. The quantitative estimate of drug-likeness (QED) is 0.840. The Morgan fingerprint density at radius 2 is 2.11 bits per heavy atom. The summed E-state index contributed by atoms with van der Waals surface area (Å²) in [5, 5.41) is 7.88. The van der Waals surface area contributed by atoms with Crippen molar-refractivity contribution < 1.29 is 0 Å². The molecule has 102 valence electrons. The third-order valence-electron chi connectivity index (χ3n) is 2.92. The zero-order valence-corrected chi connectivity index (χ0v) is 13.2. The first kappa shape index (κ1) is 14.8. The zero-order chi connectivity index (χ0) is 13.8. The van der Waals surface area contributed by atoms with E-state index in [0.717, 1.165) is 29.2 Å². The standard InChI is InChI=1S/C14H16Cl2N2S/c1-3-13(10-4-5-11(15)12(16)6-10)17-7-14-18-9(2)8-19-14/h4-6,8,13,17H,3,7H2,1-2H3. The predicted octanol–water partition coefficient (Wildman–Crippen LogP) is 5.00. The molecule has 0 saturated carbocycles. The third kappa shape index (κ3) is 3.93. The molecule has 2 rings (SSSR count). The number of hydrogen-bond acceptors (Lipinski definition) is 3. The second-order valence-corrected chi connectivity index (χ2v) is 6.15. The summed E-state index contributed by atoms with van der Waals surface area (Å²) in [6.07, 6.45) is 0.988. The van der Waals surface area contributed by atoms with Gasteiger partial charge in [-0.25, -0.2) is 4.98 Å². The summed E-state index contributed by atoms with van der Waals surface area (Å²) in [6, 6.07) is 6.05. The van der Waals surface area contributed by atoms with Crippen LogP contribution >= 0.6 is 34.5 Å². The van der Waals surface area contributed by atoms with Gasteiger partial charge in [0.05, 0.1) is 10.0 Å². The SMILES string of the molecule is CCC(NCc1nc(C)cs1)c1ccc(Cl)c(Cl)c1. The van der Waals surface area contributed by atoms with Crippen molar-refractivity contribution in [2.24, 2.45) is 0 Å². The molecule has 1 heterocycles. The van der Waals surface area contributed by atoms with Gasteiger partial charge in [-0.3, -0.25) is 0 Å². The Morgan fingerprint density at radius 1 is 1.32 bits per heavy atom. The van der Waals surface area contributed by atoms with Gasteiger partial charge in [0.25, 0.3) is 0 Å². The maximum atomic E-state index is 6.07. The molecular weight excluding hydrogens is 299 g/mol. The molecule has 0 spiro atoms. The molecule has 1 aromatic carbocycles. The molecule has 19 heavy (non-hydrogen) atoms. The van der Waals surface area contributed by atoms with Crippen molar-refractivity contribution in [2.75, 3.05) is 0 Å². The van der Waals surface area contributed by atoms with Crippen molar-refractivity contribution in [1.29, 1.82) is 0 Å². The van der Waals surface area contributed by atoms with Crippen LogP contribution in [0.3, 0.4) is 0 Å². The average molecular weight is 315 g/mol. The Bertz CT molecular complexity index is 554. The lowest BCUT2D eigenvalue weighted by molar-refractivity contribution is 0.518. The molecule has 0 fully saturated rings. The van der Waals surface area contributed by atoms with Gasteiger partial charge in [0.1, 0.15) is 5.01 Å². The van der Waals surface area contributed by atoms with Crippen LogP contribution in [0.1, 0.15) is 35.7 Å². The number of aryl methyl sites for hydroxylation is 1. The molecule has 0 aliphatic heterocycles. The highest BCUT2D eigenvalue weighted by molar-refractivity contribution is 7.09. The van der Waals surface area contributed by atoms with Gasteiger partial charge in [-0.2, -0.15) is 0 Å². The first-order chi connectivity index (χ1) is 9.10. The Balaban J connectivity index is 2.05. The maximum absolute atomic E-state index is 6.07. The molecule has 0 amide bonds. The molecule has 0 aliphatic carbocycles. The molecule has 2 nitrogen and oxygen atoms in total. The molecule has 0 aliphatic rings. The number of aromatic nitrogens is 1. The third-order valence-corrected chi connectivity index (χ3v) is 4.63. The van der Waals surface area contributed by atoms with Crippen molar-refractivity contribution in [2.45, 2.75) is 32.9 Å². The van der Waals surface area contributed by atoms with Crippen LogP contribution in [0.15, 0.2) is 23.6 Å². The molecule has 1 N–H and O–H groups in total. The van der Waals surface area contributed by atoms with Gasteiger partial charge in [0, 0.05) is 23.7 Å². The lowest BCUT2D eigenvalue weighted by Crippen LogP contribution is -2.20. The molecule has 5 heteroatoms. The van der Waals surface area contributed by atoms with E-state index in [1.54, 1.807) is 11.3 Å². The van der Waals surface area contributed by atoms with Gasteiger partial charge < -0.3 is 5.32 Å². The minimum atomic E-state index is 0.263. The molecular formula is C14H16Cl2N2S. The van der Waals surface area contributed by atoms with Gasteiger partial charge >= 0.3 is 0 Å². The van der Waals surface area contributed by atoms with E-state index in [1.807, 2.05) is 25.1 Å². The van der Waals surface area contributed by atoms with E-state index in [9.17, 15) is 0 Å². The Morgan fingerprint density at radius 3 is 2.68 bits per heavy atom. The molecule has 2 aromatic rings. The van der Waals surface area contributed by atoms with Crippen molar-refractivity contribution in [3.63, 3.8) is 0 Å². The van der Waals surface area contributed by atoms with Crippen molar-refractivity contribution >= 4 is 34.5 Å². The summed E-state index contributed by atoms with van der Waals surface area (Å²) < 4.78 is 0. The monoisotopic (exact) mass is 314 g/mol. The minimum Gasteiger partial charge on any atom is -0.304 e. The van der Waals surface area contributed by atoms with Crippen LogP contribution in [0, 0.1) is 6.92 Å². The summed E-state index contributed by atoms with van der Waals surface area (Å²) in [7, 11) is 0. The highest BCUT2D eigenvalue weighted by Crippen LogP contribution is 2.27. The fourth-order valence-electron chi connectivity index (χ4n) is 1.92. The number of benzene rings is 1. The van der Waals surface area contributed by atoms with Crippen LogP contribution < -0.4 is 5.32 Å². The van der Waals surface area contributed by atoms with Gasteiger partial charge in [-0.1, -0.05) is 36.2 Å². The van der Waals surface area contributed by atoms with Crippen LogP contribution in [0.5, 0.6) is 0 Å². The van der Waals surface area contributed by atoms with Crippen LogP contribution in [0.4, 0.5) is 0 Å². The number of thiazole rings is 1. The topological polar surface area (TPSA) is 24.9 Å². The largest absolute Gasteiger partial charge is 0.304 e. The van der Waals surface area contributed by atoms with E-state index in [-0.39, 0.29) is 6.04 Å². The lowest BCUT2D eigenvalue weighted by Gasteiger charge is -2.17. The van der Waals surface area contributed by atoms with E-state index >= 15 is 0 Å². The second-order valence-electron chi connectivity index (χ2n) is 4.40. The van der Waals surface area contributed by atoms with Crippen LogP contribution in [-0.2, 0) is 6.54 Å². The Kier molecular flexibility index (Phi) is 5.22. The van der Waals surface area contributed by atoms with Gasteiger partial charge in [0.2, 0.25) is 0 Å². The van der Waals surface area contributed by atoms with Crippen molar-refractivity contribution in [1.82, 2.24) is 10.3 Å². The van der Waals surface area contributed by atoms with E-state index in [1.165, 1.54) is 0 Å². The molecule has 1 unspecified atom stereocenters. The van der Waals surface area contributed by atoms with Crippen LogP contribution in [0.2, 0.25) is 10.0 Å². The molecule has 0 bridgehead atoms. The fourth-order valence-corrected chi connectivity index (χ4v) is 2.95. The highest BCUT2D eigenvalue weighted by Gasteiger charge is 2.11. The van der Waals surface area contributed by atoms with Crippen molar-refractivity contribution in [3.8, 4) is 0 Å². The normalized spacial score (nSPS) is 12.6. The average Bonchev–Trinajstić information content (AvgIpc) is 2.80. The number of hydrogen-bond donors (Lipinski definition) is 1. The fraction of sp³-hybridized carbons (Fsp3) is 0.357. The van der Waals surface area contributed by atoms with E-state index in [4.69, 9.17) is 23.2 Å². The van der Waals surface area contributed by atoms with E-state index in [0.29, 0.717) is 10.0 Å². The predicted molar refractivity (Wildman–Crippen MR) is 83.2 cm³/mol. The summed E-state index contributed by atoms with van der Waals surface area (Å²) >= 11 is 13.7. The summed E-state index contributed by atoms with van der Waals surface area (Å²) in [6.45, 7) is 4.93. The van der Waals surface area contributed by atoms with E-state index < -0.39 is 0 Å². The first-order valence-electron chi connectivity index (χ1n) is 6.19. The van der Waals surface area contributed by atoms with Gasteiger partial charge in [-0.05, 0) is 31.0 Å². The molecule has 0 saturated heterocycles. The van der Waals surface area contributed by atoms with Gasteiger partial charge in [-0.15, -0.1) is 11.3 Å². The number of nitrogens with zero attached hydrogens (tertiary/aromatic N) is 1. The second kappa shape index (κ2) is 6.71. The van der Waals surface area contributed by atoms with Crippen LogP contribution in [0.25, 0.3) is 0 Å². The van der Waals surface area contributed by atoms with Crippen molar-refractivity contribution in [3.05, 3.63) is 49.9 Å². The Labute approximate surface area is 127 Å². The molecule has 1 atom stereocenters.